The molecule has 1 amide bonds. The van der Waals surface area contributed by atoms with Crippen LogP contribution >= 0.6 is 24.8 Å². The number of alkyl halides is 6. The number of benzene rings is 2. The molecule has 0 saturated carbocycles. The van der Waals surface area contributed by atoms with Gasteiger partial charge in [0, 0.05) is 75.1 Å². The lowest BCUT2D eigenvalue weighted by Crippen LogP contribution is -2.58. The molecule has 0 radical (unpaired) electrons. The van der Waals surface area contributed by atoms with E-state index in [9.17, 15) is 31.1 Å². The van der Waals surface area contributed by atoms with E-state index >= 15 is 0 Å². The van der Waals surface area contributed by atoms with Gasteiger partial charge in [0.15, 0.2) is 0 Å². The highest BCUT2D eigenvalue weighted by molar-refractivity contribution is 5.95. The highest BCUT2D eigenvalue weighted by Crippen LogP contribution is 2.37. The number of ether oxygens (including phenoxy) is 2. The summed E-state index contributed by atoms with van der Waals surface area (Å²) in [7, 11) is 1.64. The third-order valence-corrected chi connectivity index (χ3v) is 8.20. The standard InChI is InChI=1S/C30H34F6N4O3.2ClH/c1-42-18-25-19-43-11-10-39(25)8-6-38-7-9-40(24(17-38)14-21-16-37-27-5-3-2-4-26(21)27)28(41)20-12-22(29(31,32)33)15-23(13-20)30(34,35)36;;/h2-5,12-13,15-16,24-25,37H,6-11,14,17-19H2,1H3;2*1H/t24-,25-;;/m1../s1. The third-order valence-electron chi connectivity index (χ3n) is 8.20. The Morgan fingerprint density at radius 2 is 1.64 bits per heavy atom. The Morgan fingerprint density at radius 1 is 0.956 bits per heavy atom. The summed E-state index contributed by atoms with van der Waals surface area (Å²) >= 11 is 0. The number of H-pyrrole nitrogens is 1. The molecule has 3 heterocycles. The Morgan fingerprint density at radius 3 is 2.31 bits per heavy atom. The van der Waals surface area contributed by atoms with Gasteiger partial charge in [-0.25, -0.2) is 0 Å². The lowest BCUT2D eigenvalue weighted by molar-refractivity contribution is -0.143. The van der Waals surface area contributed by atoms with Gasteiger partial charge in [-0.3, -0.25) is 14.6 Å². The first-order chi connectivity index (χ1) is 20.4. The van der Waals surface area contributed by atoms with Crippen molar-refractivity contribution in [2.75, 3.05) is 66.2 Å². The molecule has 0 bridgehead atoms. The Hall–Kier alpha value is -2.55. The van der Waals surface area contributed by atoms with Gasteiger partial charge in [-0.2, -0.15) is 26.3 Å². The second-order valence-electron chi connectivity index (χ2n) is 11.0. The van der Waals surface area contributed by atoms with Crippen molar-refractivity contribution in [2.45, 2.75) is 30.9 Å². The molecule has 2 saturated heterocycles. The second kappa shape index (κ2) is 15.4. The average Bonchev–Trinajstić information content (AvgIpc) is 3.38. The van der Waals surface area contributed by atoms with E-state index in [-0.39, 0.29) is 43.5 Å². The number of halogens is 8. The van der Waals surface area contributed by atoms with Gasteiger partial charge in [-0.1, -0.05) is 18.2 Å². The van der Waals surface area contributed by atoms with Crippen molar-refractivity contribution >= 4 is 41.6 Å². The minimum atomic E-state index is -5.04. The van der Waals surface area contributed by atoms with Gasteiger partial charge in [0.05, 0.1) is 37.0 Å². The van der Waals surface area contributed by atoms with Crippen LogP contribution in [0.2, 0.25) is 0 Å². The first kappa shape index (κ1) is 36.9. The zero-order valence-corrected chi connectivity index (χ0v) is 26.1. The number of hydrogen-bond donors (Lipinski definition) is 1. The molecule has 3 aromatic rings. The van der Waals surface area contributed by atoms with Crippen LogP contribution in [0.15, 0.2) is 48.7 Å². The number of amides is 1. The van der Waals surface area contributed by atoms with E-state index < -0.39 is 41.0 Å². The molecule has 2 aliphatic heterocycles. The molecular formula is C30H36Cl2F6N4O3. The first-order valence-corrected chi connectivity index (χ1v) is 14.1. The van der Waals surface area contributed by atoms with Crippen LogP contribution in [0.1, 0.15) is 27.0 Å². The van der Waals surface area contributed by atoms with Gasteiger partial charge in [-0.15, -0.1) is 24.8 Å². The number of morpholine rings is 1. The van der Waals surface area contributed by atoms with Crippen molar-refractivity contribution in [3.63, 3.8) is 0 Å². The predicted molar refractivity (Wildman–Crippen MR) is 162 cm³/mol. The number of methoxy groups -OCH3 is 1. The van der Waals surface area contributed by atoms with Crippen LogP contribution < -0.4 is 0 Å². The molecule has 0 aliphatic carbocycles. The lowest BCUT2D eigenvalue weighted by Gasteiger charge is -2.43. The van der Waals surface area contributed by atoms with Crippen molar-refractivity contribution in [3.8, 4) is 0 Å². The predicted octanol–water partition coefficient (Wildman–Crippen LogP) is 5.77. The lowest BCUT2D eigenvalue weighted by atomic mass is 9.98. The highest BCUT2D eigenvalue weighted by atomic mass is 35.5. The largest absolute Gasteiger partial charge is 0.416 e. The number of piperazine rings is 1. The van der Waals surface area contributed by atoms with Crippen LogP contribution in [0.4, 0.5) is 26.3 Å². The van der Waals surface area contributed by atoms with E-state index in [2.05, 4.69) is 14.8 Å². The summed E-state index contributed by atoms with van der Waals surface area (Å²) in [4.78, 5) is 22.8. The number of nitrogens with one attached hydrogen (secondary N) is 1. The van der Waals surface area contributed by atoms with Crippen LogP contribution in [0.25, 0.3) is 10.9 Å². The van der Waals surface area contributed by atoms with Gasteiger partial charge < -0.3 is 19.4 Å². The topological polar surface area (TPSA) is 61.0 Å². The fourth-order valence-corrected chi connectivity index (χ4v) is 5.96. The Labute approximate surface area is 269 Å². The number of para-hydroxylation sites is 1. The number of carbonyl (C=O) groups is 1. The average molecular weight is 686 g/mol. The Balaban J connectivity index is 0.00000276. The van der Waals surface area contributed by atoms with E-state index in [1.807, 2.05) is 30.5 Å². The van der Waals surface area contributed by atoms with Crippen LogP contribution in [0, 0.1) is 0 Å². The molecule has 7 nitrogen and oxygen atoms in total. The summed E-state index contributed by atoms with van der Waals surface area (Å²) in [5, 5.41) is 0.946. The number of fused-ring (bicyclic) bond motifs is 1. The summed E-state index contributed by atoms with van der Waals surface area (Å²) < 4.78 is 92.3. The fourth-order valence-electron chi connectivity index (χ4n) is 5.96. The van der Waals surface area contributed by atoms with Crippen molar-refractivity contribution in [1.82, 2.24) is 19.7 Å². The van der Waals surface area contributed by atoms with E-state index in [0.717, 1.165) is 29.6 Å². The number of aromatic amines is 1. The van der Waals surface area contributed by atoms with Crippen LogP contribution in [0.5, 0.6) is 0 Å². The second-order valence-corrected chi connectivity index (χ2v) is 11.0. The Kier molecular flexibility index (Phi) is 12.6. The van der Waals surface area contributed by atoms with Gasteiger partial charge >= 0.3 is 12.4 Å². The maximum Gasteiger partial charge on any atom is 0.416 e. The molecule has 2 atom stereocenters. The number of rotatable bonds is 8. The van der Waals surface area contributed by atoms with E-state index in [4.69, 9.17) is 9.47 Å². The number of aromatic nitrogens is 1. The monoisotopic (exact) mass is 684 g/mol. The molecule has 45 heavy (non-hydrogen) atoms. The molecule has 250 valence electrons. The summed E-state index contributed by atoms with van der Waals surface area (Å²) in [6.07, 6.45) is -7.88. The molecule has 2 aliphatic rings. The number of nitrogens with zero attached hydrogens (tertiary/aromatic N) is 3. The molecule has 0 spiro atoms. The number of carbonyl (C=O) groups excluding carboxylic acids is 1. The van der Waals surface area contributed by atoms with Crippen molar-refractivity contribution < 1.29 is 40.6 Å². The van der Waals surface area contributed by atoms with E-state index in [0.29, 0.717) is 58.0 Å². The van der Waals surface area contributed by atoms with Crippen LogP contribution in [0.3, 0.4) is 0 Å². The molecule has 2 aromatic carbocycles. The van der Waals surface area contributed by atoms with E-state index in [1.54, 1.807) is 7.11 Å². The molecule has 15 heteroatoms. The number of hydrogen-bond acceptors (Lipinski definition) is 5. The summed E-state index contributed by atoms with van der Waals surface area (Å²) in [6.45, 7) is 4.87. The summed E-state index contributed by atoms with van der Waals surface area (Å²) in [6, 6.07) is 8.32. The normalized spacial score (nSPS) is 20.1. The van der Waals surface area contributed by atoms with Crippen molar-refractivity contribution in [1.29, 1.82) is 0 Å². The van der Waals surface area contributed by atoms with Gasteiger partial charge in [-0.05, 0) is 36.2 Å². The third kappa shape index (κ3) is 8.83. The maximum absolute atomic E-state index is 13.7. The summed E-state index contributed by atoms with van der Waals surface area (Å²) in [5.74, 6) is -0.852. The molecule has 1 aromatic heterocycles. The smallest absolute Gasteiger partial charge is 0.383 e. The summed E-state index contributed by atoms with van der Waals surface area (Å²) in [5.41, 5.74) is -1.83. The van der Waals surface area contributed by atoms with Gasteiger partial charge in [0.1, 0.15) is 0 Å². The molecule has 0 unspecified atom stereocenters. The molecule has 1 N–H and O–H groups in total. The minimum absolute atomic E-state index is 0. The molecular weight excluding hydrogens is 649 g/mol. The zero-order valence-electron chi connectivity index (χ0n) is 24.5. The van der Waals surface area contributed by atoms with Crippen molar-refractivity contribution in [2.24, 2.45) is 0 Å². The minimum Gasteiger partial charge on any atom is -0.383 e. The quantitative estimate of drug-likeness (QED) is 0.306. The van der Waals surface area contributed by atoms with Crippen LogP contribution in [-0.4, -0.2) is 104 Å². The SMILES string of the molecule is COC[C@@H]1COCCN1CCN1CCN(C(=O)c2cc(C(F)(F)F)cc(C(F)(F)F)c2)[C@H](Cc2c[nH]c3ccccc23)C1.Cl.Cl. The fraction of sp³-hybridized carbons (Fsp3) is 0.500. The Bertz CT molecular complexity index is 1390. The first-order valence-electron chi connectivity index (χ1n) is 14.1. The van der Waals surface area contributed by atoms with Gasteiger partial charge in [0.25, 0.3) is 5.91 Å². The molecule has 5 rings (SSSR count). The van der Waals surface area contributed by atoms with Crippen LogP contribution in [-0.2, 0) is 28.2 Å². The maximum atomic E-state index is 13.7. The van der Waals surface area contributed by atoms with E-state index in [1.165, 1.54) is 4.90 Å². The van der Waals surface area contributed by atoms with Gasteiger partial charge in [0.2, 0.25) is 0 Å². The van der Waals surface area contributed by atoms with Crippen molar-refractivity contribution in [3.05, 3.63) is 70.9 Å². The molecule has 2 fully saturated rings. The highest BCUT2D eigenvalue weighted by Gasteiger charge is 2.39. The zero-order chi connectivity index (χ0) is 30.8.